The molecule has 124 valence electrons. The van der Waals surface area contributed by atoms with Gasteiger partial charge in [-0.25, -0.2) is 8.42 Å². The van der Waals surface area contributed by atoms with E-state index in [0.717, 1.165) is 4.90 Å². The summed E-state index contributed by atoms with van der Waals surface area (Å²) >= 11 is 0. The highest BCUT2D eigenvalue weighted by molar-refractivity contribution is 7.92. The Balaban J connectivity index is 2.09. The van der Waals surface area contributed by atoms with Crippen LogP contribution < -0.4 is 4.31 Å². The molecule has 0 radical (unpaired) electrons. The SMILES string of the molecule is CCN(c1ccccc1)S(=O)(=O)c1ccc2c(c1)C(=O)N(C)C2=O. The molecule has 0 aliphatic carbocycles. The predicted molar refractivity (Wildman–Crippen MR) is 89.5 cm³/mol. The third-order valence-corrected chi connectivity index (χ3v) is 5.88. The largest absolute Gasteiger partial charge is 0.277 e. The number of anilines is 1. The fourth-order valence-corrected chi connectivity index (χ4v) is 4.21. The van der Waals surface area contributed by atoms with Gasteiger partial charge in [-0.2, -0.15) is 0 Å². The number of rotatable bonds is 4. The molecule has 0 saturated heterocycles. The van der Waals surface area contributed by atoms with Gasteiger partial charge < -0.3 is 0 Å². The summed E-state index contributed by atoms with van der Waals surface area (Å²) in [7, 11) is -2.46. The normalized spacial score (nSPS) is 14.0. The fourth-order valence-electron chi connectivity index (χ4n) is 2.71. The van der Waals surface area contributed by atoms with Crippen molar-refractivity contribution in [1.82, 2.24) is 4.90 Å². The van der Waals surface area contributed by atoms with Crippen LogP contribution in [0.4, 0.5) is 5.69 Å². The Kier molecular flexibility index (Phi) is 3.88. The van der Waals surface area contributed by atoms with Crippen molar-refractivity contribution in [3.8, 4) is 0 Å². The maximum absolute atomic E-state index is 12.9. The summed E-state index contributed by atoms with van der Waals surface area (Å²) in [6.45, 7) is 1.98. The lowest BCUT2D eigenvalue weighted by Crippen LogP contribution is -2.30. The molecule has 0 N–H and O–H groups in total. The molecule has 1 aliphatic heterocycles. The zero-order valence-electron chi connectivity index (χ0n) is 13.3. The first-order valence-electron chi connectivity index (χ1n) is 7.42. The van der Waals surface area contributed by atoms with Crippen LogP contribution in [0.15, 0.2) is 53.4 Å². The average molecular weight is 344 g/mol. The molecule has 1 heterocycles. The van der Waals surface area contributed by atoms with E-state index in [1.807, 2.05) is 0 Å². The number of para-hydroxylation sites is 1. The lowest BCUT2D eigenvalue weighted by atomic mass is 10.1. The second kappa shape index (κ2) is 5.76. The van der Waals surface area contributed by atoms with Crippen molar-refractivity contribution >= 4 is 27.5 Å². The summed E-state index contributed by atoms with van der Waals surface area (Å²) in [6, 6.07) is 12.8. The average Bonchev–Trinajstić information content (AvgIpc) is 2.80. The molecule has 0 unspecified atom stereocenters. The summed E-state index contributed by atoms with van der Waals surface area (Å²) in [5, 5.41) is 0. The summed E-state index contributed by atoms with van der Waals surface area (Å²) in [5.41, 5.74) is 0.886. The van der Waals surface area contributed by atoms with Crippen LogP contribution in [0.25, 0.3) is 0 Å². The summed E-state index contributed by atoms with van der Waals surface area (Å²) in [5.74, 6) is -0.913. The third-order valence-electron chi connectivity index (χ3n) is 3.98. The standard InChI is InChI=1S/C17H16N2O4S/c1-3-19(12-7-5-4-6-8-12)24(22,23)13-9-10-14-15(11-13)17(21)18(2)16(14)20/h4-11H,3H2,1-2H3. The van der Waals surface area contributed by atoms with Crippen LogP contribution in [0.2, 0.25) is 0 Å². The molecule has 1 aliphatic rings. The van der Waals surface area contributed by atoms with Crippen LogP contribution >= 0.6 is 0 Å². The highest BCUT2D eigenvalue weighted by Gasteiger charge is 2.34. The Morgan fingerprint density at radius 3 is 2.21 bits per heavy atom. The number of hydrogen-bond acceptors (Lipinski definition) is 4. The number of sulfonamides is 1. The number of amides is 2. The van der Waals surface area contributed by atoms with Crippen molar-refractivity contribution in [3.63, 3.8) is 0 Å². The second-order valence-electron chi connectivity index (χ2n) is 5.38. The van der Waals surface area contributed by atoms with Crippen molar-refractivity contribution in [2.24, 2.45) is 0 Å². The second-order valence-corrected chi connectivity index (χ2v) is 7.24. The minimum atomic E-state index is -3.83. The highest BCUT2D eigenvalue weighted by Crippen LogP contribution is 2.28. The summed E-state index contributed by atoms with van der Waals surface area (Å²) in [6.07, 6.45) is 0. The first-order valence-corrected chi connectivity index (χ1v) is 8.86. The molecule has 0 atom stereocenters. The van der Waals surface area contributed by atoms with E-state index in [0.29, 0.717) is 5.69 Å². The number of benzene rings is 2. The number of nitrogens with zero attached hydrogens (tertiary/aromatic N) is 2. The first kappa shape index (κ1) is 16.2. The zero-order valence-corrected chi connectivity index (χ0v) is 14.1. The lowest BCUT2D eigenvalue weighted by molar-refractivity contribution is 0.0693. The molecular formula is C17H16N2O4S. The van der Waals surface area contributed by atoms with E-state index in [2.05, 4.69) is 0 Å². The van der Waals surface area contributed by atoms with Crippen molar-refractivity contribution < 1.29 is 18.0 Å². The van der Waals surface area contributed by atoms with Crippen molar-refractivity contribution in [2.75, 3.05) is 17.9 Å². The van der Waals surface area contributed by atoms with E-state index in [-0.39, 0.29) is 22.6 Å². The van der Waals surface area contributed by atoms with Gasteiger partial charge in [0.15, 0.2) is 0 Å². The quantitative estimate of drug-likeness (QED) is 0.796. The molecule has 0 aromatic heterocycles. The molecule has 0 spiro atoms. The Morgan fingerprint density at radius 1 is 0.958 bits per heavy atom. The molecule has 24 heavy (non-hydrogen) atoms. The van der Waals surface area contributed by atoms with Crippen molar-refractivity contribution in [3.05, 3.63) is 59.7 Å². The number of fused-ring (bicyclic) bond motifs is 1. The number of carbonyl (C=O) groups is 2. The van der Waals surface area contributed by atoms with Crippen LogP contribution in [0.3, 0.4) is 0 Å². The fraction of sp³-hybridized carbons (Fsp3) is 0.176. The Bertz CT molecular complexity index is 923. The number of imide groups is 1. The molecule has 6 nitrogen and oxygen atoms in total. The summed E-state index contributed by atoms with van der Waals surface area (Å²) < 4.78 is 27.2. The van der Waals surface area contributed by atoms with Crippen molar-refractivity contribution in [2.45, 2.75) is 11.8 Å². The van der Waals surface area contributed by atoms with Crippen LogP contribution in [-0.4, -0.2) is 38.7 Å². The molecule has 0 fully saturated rings. The van der Waals surface area contributed by atoms with Gasteiger partial charge in [-0.05, 0) is 37.3 Å². The molecule has 0 bridgehead atoms. The van der Waals surface area contributed by atoms with Crippen molar-refractivity contribution in [1.29, 1.82) is 0 Å². The van der Waals surface area contributed by atoms with Gasteiger partial charge in [0.2, 0.25) is 0 Å². The number of hydrogen-bond donors (Lipinski definition) is 0. The minimum Gasteiger partial charge on any atom is -0.277 e. The van der Waals surface area contributed by atoms with Gasteiger partial charge in [-0.1, -0.05) is 18.2 Å². The van der Waals surface area contributed by atoms with E-state index < -0.39 is 21.8 Å². The van der Waals surface area contributed by atoms with E-state index in [9.17, 15) is 18.0 Å². The third kappa shape index (κ3) is 2.37. The van der Waals surface area contributed by atoms with E-state index >= 15 is 0 Å². The predicted octanol–water partition coefficient (Wildman–Crippen LogP) is 2.13. The van der Waals surface area contributed by atoms with Gasteiger partial charge in [0.1, 0.15) is 0 Å². The maximum atomic E-state index is 12.9. The van der Waals surface area contributed by atoms with Crippen LogP contribution in [0, 0.1) is 0 Å². The van der Waals surface area contributed by atoms with Gasteiger partial charge in [0, 0.05) is 13.6 Å². The molecule has 2 amide bonds. The smallest absolute Gasteiger partial charge is 0.264 e. The van der Waals surface area contributed by atoms with Gasteiger partial charge >= 0.3 is 0 Å². The number of carbonyl (C=O) groups excluding carboxylic acids is 2. The Labute approximate surface area is 140 Å². The molecule has 3 rings (SSSR count). The van der Waals surface area contributed by atoms with Crippen LogP contribution in [0.5, 0.6) is 0 Å². The molecule has 2 aromatic carbocycles. The van der Waals surface area contributed by atoms with E-state index in [1.54, 1.807) is 37.3 Å². The van der Waals surface area contributed by atoms with Gasteiger partial charge in [0.05, 0.1) is 21.7 Å². The minimum absolute atomic E-state index is 0.0107. The molecule has 0 saturated carbocycles. The Morgan fingerprint density at radius 2 is 1.58 bits per heavy atom. The Hall–Kier alpha value is -2.67. The van der Waals surface area contributed by atoms with Gasteiger partial charge in [-0.15, -0.1) is 0 Å². The summed E-state index contributed by atoms with van der Waals surface area (Å²) in [4.78, 5) is 25.0. The molecular weight excluding hydrogens is 328 g/mol. The van der Waals surface area contributed by atoms with Gasteiger partial charge in [0.25, 0.3) is 21.8 Å². The monoisotopic (exact) mass is 344 g/mol. The van der Waals surface area contributed by atoms with Gasteiger partial charge in [-0.3, -0.25) is 18.8 Å². The van der Waals surface area contributed by atoms with Crippen LogP contribution in [0.1, 0.15) is 27.6 Å². The topological polar surface area (TPSA) is 74.8 Å². The molecule has 2 aromatic rings. The van der Waals surface area contributed by atoms with Crippen LogP contribution in [-0.2, 0) is 10.0 Å². The maximum Gasteiger partial charge on any atom is 0.264 e. The first-order chi connectivity index (χ1) is 11.4. The molecule has 7 heteroatoms. The zero-order chi connectivity index (χ0) is 17.5. The highest BCUT2D eigenvalue weighted by atomic mass is 32.2. The van der Waals surface area contributed by atoms with E-state index in [1.165, 1.54) is 29.6 Å². The van der Waals surface area contributed by atoms with E-state index in [4.69, 9.17) is 0 Å². The lowest BCUT2D eigenvalue weighted by Gasteiger charge is -2.23.